The average molecular weight is 354 g/mol. The van der Waals surface area contributed by atoms with E-state index in [2.05, 4.69) is 4.90 Å². The zero-order valence-corrected chi connectivity index (χ0v) is 15.6. The molecule has 0 aromatic heterocycles. The molecule has 0 bridgehead atoms. The Bertz CT molecular complexity index is 639. The van der Waals surface area contributed by atoms with Gasteiger partial charge in [0.05, 0.1) is 0 Å². The molecule has 1 aliphatic carbocycles. The fourth-order valence-electron chi connectivity index (χ4n) is 5.17. The Hall–Kier alpha value is -1.84. The quantitative estimate of drug-likeness (QED) is 0.812. The number of fused-ring (bicyclic) bond motifs is 1. The lowest BCUT2D eigenvalue weighted by Gasteiger charge is -2.37. The summed E-state index contributed by atoms with van der Waals surface area (Å²) in [6, 6.07) is 10.1. The van der Waals surface area contributed by atoms with Crippen LogP contribution in [0.25, 0.3) is 0 Å². The van der Waals surface area contributed by atoms with Crippen LogP contribution in [-0.4, -0.2) is 47.3 Å². The molecule has 0 N–H and O–H groups in total. The number of rotatable bonds is 2. The van der Waals surface area contributed by atoms with Crippen molar-refractivity contribution in [1.82, 2.24) is 9.80 Å². The van der Waals surface area contributed by atoms with Crippen LogP contribution in [0.1, 0.15) is 61.7 Å². The largest absolute Gasteiger partial charge is 0.340 e. The Morgan fingerprint density at radius 3 is 2.38 bits per heavy atom. The zero-order valence-electron chi connectivity index (χ0n) is 15.6. The van der Waals surface area contributed by atoms with Gasteiger partial charge in [0, 0.05) is 37.7 Å². The van der Waals surface area contributed by atoms with E-state index in [1.54, 1.807) is 0 Å². The summed E-state index contributed by atoms with van der Waals surface area (Å²) in [5, 5.41) is 0. The van der Waals surface area contributed by atoms with Crippen molar-refractivity contribution in [3.8, 4) is 0 Å². The molecule has 3 aliphatic rings. The zero-order chi connectivity index (χ0) is 17.9. The number of hydrogen-bond acceptors (Lipinski definition) is 2. The van der Waals surface area contributed by atoms with Crippen LogP contribution in [0.15, 0.2) is 30.3 Å². The fraction of sp³-hybridized carbons (Fsp3) is 0.636. The monoisotopic (exact) mass is 354 g/mol. The maximum Gasteiger partial charge on any atom is 0.253 e. The maximum atomic E-state index is 12.9. The lowest BCUT2D eigenvalue weighted by atomic mass is 9.82. The highest BCUT2D eigenvalue weighted by Gasteiger charge is 2.38. The topological polar surface area (TPSA) is 40.6 Å². The van der Waals surface area contributed by atoms with Crippen LogP contribution in [0.5, 0.6) is 0 Å². The lowest BCUT2D eigenvalue weighted by molar-refractivity contribution is -0.134. The second-order valence-corrected chi connectivity index (χ2v) is 8.30. The minimum Gasteiger partial charge on any atom is -0.340 e. The van der Waals surface area contributed by atoms with Crippen LogP contribution in [0.4, 0.5) is 0 Å². The molecular formula is C22H30N2O2. The van der Waals surface area contributed by atoms with Gasteiger partial charge in [0.2, 0.25) is 5.91 Å². The van der Waals surface area contributed by atoms with Crippen LogP contribution < -0.4 is 0 Å². The van der Waals surface area contributed by atoms with Gasteiger partial charge in [-0.3, -0.25) is 9.59 Å². The highest BCUT2D eigenvalue weighted by atomic mass is 16.2. The van der Waals surface area contributed by atoms with Gasteiger partial charge in [-0.25, -0.2) is 0 Å². The van der Waals surface area contributed by atoms with E-state index >= 15 is 0 Å². The predicted molar refractivity (Wildman–Crippen MR) is 102 cm³/mol. The Morgan fingerprint density at radius 2 is 1.62 bits per heavy atom. The molecule has 2 atom stereocenters. The van der Waals surface area contributed by atoms with Crippen molar-refractivity contribution in [3.05, 3.63) is 35.9 Å². The summed E-state index contributed by atoms with van der Waals surface area (Å²) in [6.45, 7) is 2.48. The molecule has 26 heavy (non-hydrogen) atoms. The second kappa shape index (κ2) is 7.81. The van der Waals surface area contributed by atoms with E-state index in [-0.39, 0.29) is 5.91 Å². The van der Waals surface area contributed by atoms with Gasteiger partial charge in [-0.2, -0.15) is 0 Å². The maximum absolute atomic E-state index is 12.9. The van der Waals surface area contributed by atoms with Crippen molar-refractivity contribution in [2.45, 2.75) is 57.4 Å². The van der Waals surface area contributed by atoms with Crippen LogP contribution in [-0.2, 0) is 4.79 Å². The van der Waals surface area contributed by atoms with Gasteiger partial charge in [-0.05, 0) is 49.7 Å². The molecular weight excluding hydrogens is 324 g/mol. The molecule has 1 saturated carbocycles. The first kappa shape index (κ1) is 17.6. The molecule has 3 fully saturated rings. The molecule has 4 nitrogen and oxygen atoms in total. The van der Waals surface area contributed by atoms with Gasteiger partial charge in [0.25, 0.3) is 5.91 Å². The first-order valence-electron chi connectivity index (χ1n) is 10.4. The molecule has 4 heteroatoms. The van der Waals surface area contributed by atoms with Crippen molar-refractivity contribution in [2.75, 3.05) is 19.6 Å². The van der Waals surface area contributed by atoms with Crippen molar-refractivity contribution >= 4 is 11.8 Å². The van der Waals surface area contributed by atoms with Gasteiger partial charge < -0.3 is 9.80 Å². The van der Waals surface area contributed by atoms with Crippen molar-refractivity contribution in [2.24, 2.45) is 11.8 Å². The number of carbonyl (C=O) groups excluding carboxylic acids is 2. The molecule has 2 saturated heterocycles. The van der Waals surface area contributed by atoms with E-state index in [0.29, 0.717) is 30.2 Å². The molecule has 2 aliphatic heterocycles. The Labute approximate surface area is 156 Å². The number of piperidine rings is 1. The molecule has 0 radical (unpaired) electrons. The van der Waals surface area contributed by atoms with E-state index in [4.69, 9.17) is 0 Å². The van der Waals surface area contributed by atoms with Gasteiger partial charge in [-0.15, -0.1) is 0 Å². The average Bonchev–Trinajstić information content (AvgIpc) is 2.86. The highest BCUT2D eigenvalue weighted by molar-refractivity contribution is 5.94. The van der Waals surface area contributed by atoms with Gasteiger partial charge >= 0.3 is 0 Å². The molecule has 140 valence electrons. The van der Waals surface area contributed by atoms with Crippen molar-refractivity contribution < 1.29 is 9.59 Å². The third-order valence-electron chi connectivity index (χ3n) is 6.71. The second-order valence-electron chi connectivity index (χ2n) is 8.30. The van der Waals surface area contributed by atoms with Gasteiger partial charge in [0.1, 0.15) is 0 Å². The smallest absolute Gasteiger partial charge is 0.253 e. The summed E-state index contributed by atoms with van der Waals surface area (Å²) in [6.07, 6.45) is 8.91. The van der Waals surface area contributed by atoms with Crippen molar-refractivity contribution in [3.63, 3.8) is 0 Å². The number of nitrogens with zero attached hydrogens (tertiary/aromatic N) is 2. The summed E-state index contributed by atoms with van der Waals surface area (Å²) < 4.78 is 0. The molecule has 4 rings (SSSR count). The first-order valence-corrected chi connectivity index (χ1v) is 10.4. The Kier molecular flexibility index (Phi) is 5.28. The van der Waals surface area contributed by atoms with E-state index in [1.807, 2.05) is 35.2 Å². The van der Waals surface area contributed by atoms with E-state index < -0.39 is 0 Å². The predicted octanol–water partition coefficient (Wildman–Crippen LogP) is 3.72. The van der Waals surface area contributed by atoms with Gasteiger partial charge in [0.15, 0.2) is 0 Å². The minimum atomic E-state index is 0.142. The third-order valence-corrected chi connectivity index (χ3v) is 6.71. The molecule has 0 spiro atoms. The third kappa shape index (κ3) is 3.65. The lowest BCUT2D eigenvalue weighted by Crippen LogP contribution is -2.43. The first-order chi connectivity index (χ1) is 12.7. The van der Waals surface area contributed by atoms with Crippen molar-refractivity contribution in [1.29, 1.82) is 0 Å². The minimum absolute atomic E-state index is 0.142. The summed E-state index contributed by atoms with van der Waals surface area (Å²) >= 11 is 0. The number of carbonyl (C=O) groups is 2. The highest BCUT2D eigenvalue weighted by Crippen LogP contribution is 2.35. The van der Waals surface area contributed by atoms with E-state index in [0.717, 1.165) is 38.0 Å². The molecule has 2 heterocycles. The molecule has 2 amide bonds. The van der Waals surface area contributed by atoms with Crippen LogP contribution in [0.3, 0.4) is 0 Å². The SMILES string of the molecule is O=C(c1ccccc1)N1CC[C@H]2CC(=O)N(C3CCCCC3)CC[C@H]2C1. The number of likely N-dealkylation sites (tertiary alicyclic amines) is 2. The molecule has 1 aromatic carbocycles. The molecule has 0 unspecified atom stereocenters. The number of hydrogen-bond donors (Lipinski definition) is 0. The summed E-state index contributed by atoms with van der Waals surface area (Å²) in [5.41, 5.74) is 0.777. The van der Waals surface area contributed by atoms with E-state index in [1.165, 1.54) is 32.1 Å². The fourth-order valence-corrected chi connectivity index (χ4v) is 5.17. The normalized spacial score (nSPS) is 27.8. The van der Waals surface area contributed by atoms with Gasteiger partial charge in [-0.1, -0.05) is 37.5 Å². The molecule has 1 aromatic rings. The van der Waals surface area contributed by atoms with Crippen LogP contribution in [0, 0.1) is 11.8 Å². The van der Waals surface area contributed by atoms with E-state index in [9.17, 15) is 9.59 Å². The standard InChI is InChI=1S/C22H30N2O2/c25-21-15-18-11-13-23(22(26)17-7-3-1-4-8-17)16-19(18)12-14-24(21)20-9-5-2-6-10-20/h1,3-4,7-8,18-20H,2,5-6,9-16H2/t18-,19-/m0/s1. The van der Waals surface area contributed by atoms with Crippen LogP contribution >= 0.6 is 0 Å². The number of benzene rings is 1. The van der Waals surface area contributed by atoms with Crippen LogP contribution in [0.2, 0.25) is 0 Å². The Balaban J connectivity index is 1.41. The summed E-state index contributed by atoms with van der Waals surface area (Å²) in [7, 11) is 0. The summed E-state index contributed by atoms with van der Waals surface area (Å²) in [4.78, 5) is 29.8. The summed E-state index contributed by atoms with van der Waals surface area (Å²) in [5.74, 6) is 1.43. The number of amides is 2. The Morgan fingerprint density at radius 1 is 0.885 bits per heavy atom.